The van der Waals surface area contributed by atoms with Crippen LogP contribution in [0.2, 0.25) is 0 Å². The summed E-state index contributed by atoms with van der Waals surface area (Å²) in [6.07, 6.45) is 3.26. The maximum Gasteiger partial charge on any atom is 0.408 e. The molecule has 1 aliphatic heterocycles. The molecule has 2 rings (SSSR count). The van der Waals surface area contributed by atoms with Crippen molar-refractivity contribution in [3.63, 3.8) is 0 Å². The van der Waals surface area contributed by atoms with Crippen molar-refractivity contribution in [3.05, 3.63) is 48.0 Å². The number of nitrogens with one attached hydrogen (secondary N) is 3. The molecule has 34 heavy (non-hydrogen) atoms. The van der Waals surface area contributed by atoms with E-state index >= 15 is 0 Å². The zero-order valence-corrected chi connectivity index (χ0v) is 20.3. The molecule has 9 heteroatoms. The summed E-state index contributed by atoms with van der Waals surface area (Å²) in [5.74, 6) is -1.36. The van der Waals surface area contributed by atoms with Crippen LogP contribution in [0.15, 0.2) is 42.5 Å². The van der Waals surface area contributed by atoms with Crippen LogP contribution in [-0.2, 0) is 30.3 Å². The number of benzene rings is 1. The van der Waals surface area contributed by atoms with Crippen molar-refractivity contribution in [2.24, 2.45) is 5.92 Å². The molecule has 0 spiro atoms. The van der Waals surface area contributed by atoms with Crippen LogP contribution < -0.4 is 16.0 Å². The molecule has 0 radical (unpaired) electrons. The van der Waals surface area contributed by atoms with Crippen molar-refractivity contribution in [3.8, 4) is 0 Å². The van der Waals surface area contributed by atoms with Crippen molar-refractivity contribution in [1.29, 1.82) is 0 Å². The average molecular weight is 474 g/mol. The number of esters is 1. The molecule has 9 nitrogen and oxygen atoms in total. The highest BCUT2D eigenvalue weighted by atomic mass is 16.6. The summed E-state index contributed by atoms with van der Waals surface area (Å²) in [7, 11) is 0. The molecule has 0 aromatic heterocycles. The molecule has 1 aliphatic rings. The third-order valence-corrected chi connectivity index (χ3v) is 5.07. The zero-order chi connectivity index (χ0) is 25.1. The van der Waals surface area contributed by atoms with Gasteiger partial charge in [0.1, 0.15) is 11.6 Å². The quantitative estimate of drug-likeness (QED) is 0.354. The van der Waals surface area contributed by atoms with E-state index in [1.54, 1.807) is 27.7 Å². The number of alkyl carbamates (subject to hydrolysis) is 1. The monoisotopic (exact) mass is 473 g/mol. The van der Waals surface area contributed by atoms with Crippen molar-refractivity contribution in [2.75, 3.05) is 13.2 Å². The molecular weight excluding hydrogens is 438 g/mol. The number of hydrogen-bond acceptors (Lipinski definition) is 6. The van der Waals surface area contributed by atoms with Gasteiger partial charge in [0.15, 0.2) is 0 Å². The first-order chi connectivity index (χ1) is 16.1. The Labute approximate surface area is 200 Å². The second-order valence-corrected chi connectivity index (χ2v) is 9.13. The SMILES string of the molecule is CCOC(=O)C=CC(CC1CCNC1=O)NC(=O)C(Cc1ccccc1)NC(=O)OC(C)(C)C. The molecule has 3 unspecified atom stereocenters. The fourth-order valence-corrected chi connectivity index (χ4v) is 3.54. The topological polar surface area (TPSA) is 123 Å². The van der Waals surface area contributed by atoms with Crippen LogP contribution in [0.5, 0.6) is 0 Å². The smallest absolute Gasteiger partial charge is 0.408 e. The van der Waals surface area contributed by atoms with Crippen molar-refractivity contribution < 1.29 is 28.7 Å². The Hall–Kier alpha value is -3.36. The number of ether oxygens (including phenoxy) is 2. The summed E-state index contributed by atoms with van der Waals surface area (Å²) in [6.45, 7) is 7.71. The first kappa shape index (κ1) is 26.9. The molecular formula is C25H35N3O6. The molecule has 1 aromatic carbocycles. The van der Waals surface area contributed by atoms with Gasteiger partial charge >= 0.3 is 12.1 Å². The van der Waals surface area contributed by atoms with Crippen molar-refractivity contribution in [2.45, 2.75) is 64.6 Å². The van der Waals surface area contributed by atoms with Gasteiger partial charge in [0.25, 0.3) is 0 Å². The summed E-state index contributed by atoms with van der Waals surface area (Å²) in [4.78, 5) is 49.6. The number of hydrogen-bond donors (Lipinski definition) is 3. The molecule has 0 bridgehead atoms. The Morgan fingerprint density at radius 1 is 1.18 bits per heavy atom. The van der Waals surface area contributed by atoms with E-state index in [2.05, 4.69) is 16.0 Å². The Kier molecular flexibility index (Phi) is 10.1. The van der Waals surface area contributed by atoms with Crippen LogP contribution in [0, 0.1) is 5.92 Å². The van der Waals surface area contributed by atoms with E-state index in [0.29, 0.717) is 19.4 Å². The van der Waals surface area contributed by atoms with Crippen LogP contribution in [-0.4, -0.2) is 54.7 Å². The Bertz CT molecular complexity index is 878. The second-order valence-electron chi connectivity index (χ2n) is 9.13. The molecule has 0 saturated carbocycles. The Balaban J connectivity index is 2.18. The standard InChI is InChI=1S/C25H35N3O6/c1-5-33-21(29)12-11-19(16-18-13-14-26-22(18)30)27-23(31)20(15-17-9-7-6-8-10-17)28-24(32)34-25(2,3)4/h6-12,18-20H,5,13-16H2,1-4H3,(H,26,30)(H,27,31)(H,28,32). The maximum atomic E-state index is 13.3. The first-order valence-electron chi connectivity index (χ1n) is 11.5. The van der Waals surface area contributed by atoms with Gasteiger partial charge in [-0.2, -0.15) is 0 Å². The van der Waals surface area contributed by atoms with Gasteiger partial charge in [0.2, 0.25) is 11.8 Å². The predicted octanol–water partition coefficient (Wildman–Crippen LogP) is 2.25. The third kappa shape index (κ3) is 9.64. The van der Waals surface area contributed by atoms with Crippen molar-refractivity contribution in [1.82, 2.24) is 16.0 Å². The van der Waals surface area contributed by atoms with Crippen LogP contribution in [0.3, 0.4) is 0 Å². The lowest BCUT2D eigenvalue weighted by molar-refractivity contribution is -0.137. The van der Waals surface area contributed by atoms with Gasteiger partial charge in [-0.15, -0.1) is 0 Å². The van der Waals surface area contributed by atoms with E-state index in [4.69, 9.17) is 9.47 Å². The number of rotatable bonds is 10. The van der Waals surface area contributed by atoms with Crippen LogP contribution in [0.25, 0.3) is 0 Å². The summed E-state index contributed by atoms with van der Waals surface area (Å²) in [5.41, 5.74) is 0.131. The molecule has 1 aromatic rings. The van der Waals surface area contributed by atoms with Crippen molar-refractivity contribution >= 4 is 23.9 Å². The zero-order valence-electron chi connectivity index (χ0n) is 20.3. The summed E-state index contributed by atoms with van der Waals surface area (Å²) in [5, 5.41) is 8.29. The number of carbonyl (C=O) groups is 4. The largest absolute Gasteiger partial charge is 0.463 e. The summed E-state index contributed by atoms with van der Waals surface area (Å²) < 4.78 is 10.3. The molecule has 1 saturated heterocycles. The Morgan fingerprint density at radius 2 is 1.88 bits per heavy atom. The van der Waals surface area contributed by atoms with Crippen LogP contribution in [0.1, 0.15) is 46.1 Å². The molecule has 1 heterocycles. The highest BCUT2D eigenvalue weighted by Crippen LogP contribution is 2.17. The highest BCUT2D eigenvalue weighted by molar-refractivity contribution is 5.87. The average Bonchev–Trinajstić information content (AvgIpc) is 3.15. The number of amides is 3. The van der Waals surface area contributed by atoms with Crippen LogP contribution >= 0.6 is 0 Å². The maximum absolute atomic E-state index is 13.3. The minimum Gasteiger partial charge on any atom is -0.463 e. The Morgan fingerprint density at radius 3 is 2.47 bits per heavy atom. The van der Waals surface area contributed by atoms with Crippen LogP contribution in [0.4, 0.5) is 4.79 Å². The van der Waals surface area contributed by atoms with E-state index < -0.39 is 35.7 Å². The fraction of sp³-hybridized carbons (Fsp3) is 0.520. The lowest BCUT2D eigenvalue weighted by Gasteiger charge is -2.25. The lowest BCUT2D eigenvalue weighted by atomic mass is 9.97. The van der Waals surface area contributed by atoms with Gasteiger partial charge in [0.05, 0.1) is 6.61 Å². The molecule has 186 valence electrons. The molecule has 0 aliphatic carbocycles. The van der Waals surface area contributed by atoms with Gasteiger partial charge < -0.3 is 25.4 Å². The van der Waals surface area contributed by atoms with E-state index in [-0.39, 0.29) is 24.9 Å². The second kappa shape index (κ2) is 12.8. The van der Waals surface area contributed by atoms with Gasteiger partial charge in [-0.25, -0.2) is 9.59 Å². The normalized spacial score (nSPS) is 17.5. The summed E-state index contributed by atoms with van der Waals surface area (Å²) >= 11 is 0. The van der Waals surface area contributed by atoms with Gasteiger partial charge in [-0.3, -0.25) is 9.59 Å². The molecule has 3 amide bonds. The highest BCUT2D eigenvalue weighted by Gasteiger charge is 2.30. The molecule has 3 atom stereocenters. The predicted molar refractivity (Wildman–Crippen MR) is 127 cm³/mol. The fourth-order valence-electron chi connectivity index (χ4n) is 3.54. The first-order valence-corrected chi connectivity index (χ1v) is 11.5. The van der Waals surface area contributed by atoms with E-state index in [1.807, 2.05) is 30.3 Å². The number of carbonyl (C=O) groups excluding carboxylic acids is 4. The van der Waals surface area contributed by atoms with E-state index in [1.165, 1.54) is 12.2 Å². The van der Waals surface area contributed by atoms with Gasteiger partial charge in [-0.05, 0) is 46.1 Å². The summed E-state index contributed by atoms with van der Waals surface area (Å²) in [6, 6.07) is 7.75. The molecule has 3 N–H and O–H groups in total. The third-order valence-electron chi connectivity index (χ3n) is 5.07. The van der Waals surface area contributed by atoms with Gasteiger partial charge in [-0.1, -0.05) is 36.4 Å². The minimum absolute atomic E-state index is 0.0866. The van der Waals surface area contributed by atoms with E-state index in [9.17, 15) is 19.2 Å². The van der Waals surface area contributed by atoms with E-state index in [0.717, 1.165) is 5.56 Å². The minimum atomic E-state index is -0.923. The molecule has 1 fully saturated rings. The lowest BCUT2D eigenvalue weighted by Crippen LogP contribution is -2.51. The van der Waals surface area contributed by atoms with Gasteiger partial charge in [0, 0.05) is 31.0 Å².